The van der Waals surface area contributed by atoms with Gasteiger partial charge in [0, 0.05) is 50.4 Å². The summed E-state index contributed by atoms with van der Waals surface area (Å²) in [5.74, 6) is 0.532. The van der Waals surface area contributed by atoms with Gasteiger partial charge in [-0.25, -0.2) is 4.98 Å². The predicted molar refractivity (Wildman–Crippen MR) is 123 cm³/mol. The van der Waals surface area contributed by atoms with E-state index in [1.165, 1.54) is 12.0 Å². The minimum Gasteiger partial charge on any atom is -0.444 e. The van der Waals surface area contributed by atoms with Gasteiger partial charge >= 0.3 is 0 Å². The maximum atomic E-state index is 12.5. The molecule has 1 N–H and O–H groups in total. The first-order chi connectivity index (χ1) is 15.7. The van der Waals surface area contributed by atoms with E-state index in [1.807, 2.05) is 53.4 Å². The zero-order valence-electron chi connectivity index (χ0n) is 18.1. The molecule has 0 spiro atoms. The standard InChI is InChI=1S/C25H28N4O3/c30-23(18-21-19-32-25(27-21)20-8-3-1-4-9-20)26-13-7-12-24(31)29-16-14-28(15-17-29)22-10-5-2-6-11-22/h1-6,8-11,19H,7,12-18H2,(H,26,30). The normalized spacial score (nSPS) is 13.8. The van der Waals surface area contributed by atoms with Gasteiger partial charge in [-0.15, -0.1) is 0 Å². The smallest absolute Gasteiger partial charge is 0.226 e. The molecule has 4 rings (SSSR count). The van der Waals surface area contributed by atoms with Crippen LogP contribution < -0.4 is 10.2 Å². The minimum absolute atomic E-state index is 0.123. The Morgan fingerprint density at radius 1 is 0.938 bits per heavy atom. The molecule has 0 aliphatic carbocycles. The number of hydrogen-bond donors (Lipinski definition) is 1. The molecular formula is C25H28N4O3. The predicted octanol–water partition coefficient (Wildman–Crippen LogP) is 3.13. The van der Waals surface area contributed by atoms with E-state index in [2.05, 4.69) is 27.3 Å². The number of hydrogen-bond acceptors (Lipinski definition) is 5. The van der Waals surface area contributed by atoms with Crippen LogP contribution in [0.1, 0.15) is 18.5 Å². The number of para-hydroxylation sites is 1. The van der Waals surface area contributed by atoms with Crippen LogP contribution in [0.15, 0.2) is 71.3 Å². The van der Waals surface area contributed by atoms with Crippen LogP contribution in [0.3, 0.4) is 0 Å². The highest BCUT2D eigenvalue weighted by molar-refractivity contribution is 5.78. The summed E-state index contributed by atoms with van der Waals surface area (Å²) in [6.45, 7) is 3.62. The lowest BCUT2D eigenvalue weighted by molar-refractivity contribution is -0.131. The number of aromatic nitrogens is 1. The molecule has 1 saturated heterocycles. The minimum atomic E-state index is -0.123. The van der Waals surface area contributed by atoms with Crippen molar-refractivity contribution in [3.63, 3.8) is 0 Å². The third-order valence-electron chi connectivity index (χ3n) is 5.56. The fraction of sp³-hybridized carbons (Fsp3) is 0.320. The summed E-state index contributed by atoms with van der Waals surface area (Å²) in [6, 6.07) is 19.8. The number of amides is 2. The summed E-state index contributed by atoms with van der Waals surface area (Å²) < 4.78 is 5.47. The Labute approximate surface area is 188 Å². The fourth-order valence-electron chi connectivity index (χ4n) is 3.81. The second-order valence-electron chi connectivity index (χ2n) is 7.84. The molecule has 1 aliphatic rings. The maximum absolute atomic E-state index is 12.5. The number of carbonyl (C=O) groups excluding carboxylic acids is 2. The van der Waals surface area contributed by atoms with Crippen molar-refractivity contribution in [1.82, 2.24) is 15.2 Å². The van der Waals surface area contributed by atoms with Crippen molar-refractivity contribution in [3.8, 4) is 11.5 Å². The van der Waals surface area contributed by atoms with Crippen molar-refractivity contribution in [1.29, 1.82) is 0 Å². The van der Waals surface area contributed by atoms with E-state index < -0.39 is 0 Å². The highest BCUT2D eigenvalue weighted by Crippen LogP contribution is 2.18. The summed E-state index contributed by atoms with van der Waals surface area (Å²) in [7, 11) is 0. The van der Waals surface area contributed by atoms with Gasteiger partial charge in [0.15, 0.2) is 0 Å². The van der Waals surface area contributed by atoms with Crippen LogP contribution in [0.5, 0.6) is 0 Å². The molecule has 0 saturated carbocycles. The summed E-state index contributed by atoms with van der Waals surface area (Å²) in [5, 5.41) is 2.87. The zero-order chi connectivity index (χ0) is 22.2. The summed E-state index contributed by atoms with van der Waals surface area (Å²) >= 11 is 0. The lowest BCUT2D eigenvalue weighted by atomic mass is 10.2. The highest BCUT2D eigenvalue weighted by atomic mass is 16.3. The van der Waals surface area contributed by atoms with E-state index in [0.29, 0.717) is 31.0 Å². The van der Waals surface area contributed by atoms with E-state index in [9.17, 15) is 9.59 Å². The third-order valence-corrected chi connectivity index (χ3v) is 5.56. The van der Waals surface area contributed by atoms with Gasteiger partial charge in [0.1, 0.15) is 6.26 Å². The molecule has 2 aromatic carbocycles. The molecule has 0 unspecified atom stereocenters. The molecule has 0 atom stereocenters. The number of nitrogens with zero attached hydrogens (tertiary/aromatic N) is 3. The molecule has 1 aromatic heterocycles. The molecule has 32 heavy (non-hydrogen) atoms. The van der Waals surface area contributed by atoms with Gasteiger partial charge in [-0.3, -0.25) is 9.59 Å². The van der Waals surface area contributed by atoms with Gasteiger partial charge < -0.3 is 19.5 Å². The number of benzene rings is 2. The van der Waals surface area contributed by atoms with Crippen LogP contribution in [-0.4, -0.2) is 54.4 Å². The Balaban J connectivity index is 1.13. The second kappa shape index (κ2) is 10.6. The first-order valence-electron chi connectivity index (χ1n) is 11.0. The average molecular weight is 433 g/mol. The van der Waals surface area contributed by atoms with Crippen LogP contribution in [0.25, 0.3) is 11.5 Å². The van der Waals surface area contributed by atoms with Crippen LogP contribution in [0, 0.1) is 0 Å². The van der Waals surface area contributed by atoms with Gasteiger partial charge in [-0.05, 0) is 30.7 Å². The van der Waals surface area contributed by atoms with Crippen molar-refractivity contribution in [3.05, 3.63) is 72.6 Å². The molecule has 1 fully saturated rings. The number of oxazole rings is 1. The Kier molecular flexibility index (Phi) is 7.17. The first kappa shape index (κ1) is 21.6. The van der Waals surface area contributed by atoms with Gasteiger partial charge in [0.25, 0.3) is 0 Å². The molecule has 2 heterocycles. The van der Waals surface area contributed by atoms with Crippen LogP contribution in [0.2, 0.25) is 0 Å². The van der Waals surface area contributed by atoms with E-state index >= 15 is 0 Å². The van der Waals surface area contributed by atoms with Crippen molar-refractivity contribution < 1.29 is 14.0 Å². The summed E-state index contributed by atoms with van der Waals surface area (Å²) in [6.07, 6.45) is 2.73. The number of rotatable bonds is 8. The molecule has 0 radical (unpaired) electrons. The van der Waals surface area contributed by atoms with E-state index in [4.69, 9.17) is 4.42 Å². The Hall–Kier alpha value is -3.61. The zero-order valence-corrected chi connectivity index (χ0v) is 18.1. The topological polar surface area (TPSA) is 78.7 Å². The Bertz CT molecular complexity index is 1010. The molecule has 1 aliphatic heterocycles. The monoisotopic (exact) mass is 432 g/mol. The van der Waals surface area contributed by atoms with E-state index in [0.717, 1.165) is 31.7 Å². The highest BCUT2D eigenvalue weighted by Gasteiger charge is 2.20. The molecule has 7 nitrogen and oxygen atoms in total. The van der Waals surface area contributed by atoms with Crippen LogP contribution in [0.4, 0.5) is 5.69 Å². The van der Waals surface area contributed by atoms with Gasteiger partial charge in [-0.2, -0.15) is 0 Å². The second-order valence-corrected chi connectivity index (χ2v) is 7.84. The number of anilines is 1. The Morgan fingerprint density at radius 2 is 1.62 bits per heavy atom. The van der Waals surface area contributed by atoms with Crippen molar-refractivity contribution in [2.75, 3.05) is 37.6 Å². The SMILES string of the molecule is O=C(Cc1coc(-c2ccccc2)n1)NCCCC(=O)N1CCN(c2ccccc2)CC1. The lowest BCUT2D eigenvalue weighted by Gasteiger charge is -2.36. The number of piperazine rings is 1. The van der Waals surface area contributed by atoms with Crippen molar-refractivity contribution in [2.45, 2.75) is 19.3 Å². The summed E-state index contributed by atoms with van der Waals surface area (Å²) in [5.41, 5.74) is 2.67. The van der Waals surface area contributed by atoms with Crippen LogP contribution >= 0.6 is 0 Å². The van der Waals surface area contributed by atoms with Gasteiger partial charge in [0.2, 0.25) is 17.7 Å². The number of carbonyl (C=O) groups is 2. The molecular weight excluding hydrogens is 404 g/mol. The molecule has 7 heteroatoms. The quantitative estimate of drug-likeness (QED) is 0.554. The first-order valence-corrected chi connectivity index (χ1v) is 11.0. The maximum Gasteiger partial charge on any atom is 0.226 e. The lowest BCUT2D eigenvalue weighted by Crippen LogP contribution is -2.48. The molecule has 3 aromatic rings. The summed E-state index contributed by atoms with van der Waals surface area (Å²) in [4.78, 5) is 33.3. The van der Waals surface area contributed by atoms with Gasteiger partial charge in [0.05, 0.1) is 12.1 Å². The number of nitrogens with one attached hydrogen (secondary N) is 1. The van der Waals surface area contributed by atoms with E-state index in [1.54, 1.807) is 0 Å². The van der Waals surface area contributed by atoms with Crippen molar-refractivity contribution >= 4 is 17.5 Å². The van der Waals surface area contributed by atoms with Gasteiger partial charge in [-0.1, -0.05) is 36.4 Å². The largest absolute Gasteiger partial charge is 0.444 e. The molecule has 0 bridgehead atoms. The third kappa shape index (κ3) is 5.75. The molecule has 166 valence electrons. The molecule has 2 amide bonds. The van der Waals surface area contributed by atoms with Crippen molar-refractivity contribution in [2.24, 2.45) is 0 Å². The Morgan fingerprint density at radius 3 is 2.34 bits per heavy atom. The van der Waals surface area contributed by atoms with Crippen LogP contribution in [-0.2, 0) is 16.0 Å². The fourth-order valence-corrected chi connectivity index (χ4v) is 3.81. The van der Waals surface area contributed by atoms with E-state index in [-0.39, 0.29) is 18.2 Å². The average Bonchev–Trinajstić information content (AvgIpc) is 3.31.